The summed E-state index contributed by atoms with van der Waals surface area (Å²) in [6.07, 6.45) is 0. The molecule has 1 rings (SSSR count). The molecular formula is C7H8FNO3S. The van der Waals surface area contributed by atoms with E-state index >= 15 is 0 Å². The zero-order chi connectivity index (χ0) is 9.90. The fourth-order valence-corrected chi connectivity index (χ4v) is 1.03. The third-order valence-corrected chi connectivity index (χ3v) is 1.75. The summed E-state index contributed by atoms with van der Waals surface area (Å²) in [6.45, 7) is -0.181. The van der Waals surface area contributed by atoms with E-state index in [1.807, 2.05) is 0 Å². The number of rotatable bonds is 3. The van der Waals surface area contributed by atoms with Gasteiger partial charge >= 0.3 is 10.3 Å². The molecule has 0 aromatic heterocycles. The highest BCUT2D eigenvalue weighted by atomic mass is 32.2. The largest absolute Gasteiger partial charge is 0.333 e. The molecule has 0 aliphatic heterocycles. The predicted octanol–water partition coefficient (Wildman–Crippen LogP) is 0.546. The van der Waals surface area contributed by atoms with Crippen molar-refractivity contribution in [3.8, 4) is 0 Å². The molecule has 0 radical (unpaired) electrons. The third kappa shape index (κ3) is 3.97. The van der Waals surface area contributed by atoms with Gasteiger partial charge in [0.15, 0.2) is 0 Å². The van der Waals surface area contributed by atoms with Gasteiger partial charge in [-0.1, -0.05) is 12.1 Å². The molecule has 0 amide bonds. The zero-order valence-electron chi connectivity index (χ0n) is 6.60. The van der Waals surface area contributed by atoms with Gasteiger partial charge in [-0.3, -0.25) is 4.18 Å². The molecule has 0 atom stereocenters. The molecule has 0 saturated carbocycles. The van der Waals surface area contributed by atoms with Crippen molar-refractivity contribution in [3.05, 3.63) is 35.6 Å². The van der Waals surface area contributed by atoms with Crippen LogP contribution in [0, 0.1) is 5.82 Å². The van der Waals surface area contributed by atoms with Gasteiger partial charge in [-0.15, -0.1) is 0 Å². The molecule has 0 unspecified atom stereocenters. The highest BCUT2D eigenvalue weighted by molar-refractivity contribution is 7.84. The standard InChI is InChI=1S/C7H8FNO3S/c8-7-3-1-6(2-4-7)5-12-13(9,10)11/h1-4H,5H2,(H2,9,10,11). The number of benzene rings is 1. The van der Waals surface area contributed by atoms with Crippen molar-refractivity contribution in [1.29, 1.82) is 0 Å². The Morgan fingerprint density at radius 1 is 1.31 bits per heavy atom. The second kappa shape index (κ2) is 3.82. The van der Waals surface area contributed by atoms with Gasteiger partial charge in [0.1, 0.15) is 5.82 Å². The van der Waals surface area contributed by atoms with Crippen molar-refractivity contribution in [3.63, 3.8) is 0 Å². The van der Waals surface area contributed by atoms with Crippen LogP contribution < -0.4 is 5.14 Å². The minimum absolute atomic E-state index is 0.181. The first-order valence-electron chi connectivity index (χ1n) is 3.39. The fourth-order valence-electron chi connectivity index (χ4n) is 0.731. The molecule has 0 heterocycles. The van der Waals surface area contributed by atoms with Crippen LogP contribution in [0.25, 0.3) is 0 Å². The van der Waals surface area contributed by atoms with Crippen LogP contribution in [0.4, 0.5) is 4.39 Å². The molecule has 1 aromatic rings. The minimum Gasteiger partial charge on any atom is -0.253 e. The molecule has 13 heavy (non-hydrogen) atoms. The van der Waals surface area contributed by atoms with Crippen molar-refractivity contribution in [2.45, 2.75) is 6.61 Å². The van der Waals surface area contributed by atoms with Crippen LogP contribution in [0.1, 0.15) is 5.56 Å². The van der Waals surface area contributed by atoms with Crippen LogP contribution >= 0.6 is 0 Å². The van der Waals surface area contributed by atoms with Gasteiger partial charge in [-0.2, -0.15) is 8.42 Å². The maximum atomic E-state index is 12.4. The molecule has 6 heteroatoms. The summed E-state index contributed by atoms with van der Waals surface area (Å²) in [5.41, 5.74) is 0.537. The second-order valence-electron chi connectivity index (χ2n) is 2.38. The number of nitrogens with two attached hydrogens (primary N) is 1. The van der Waals surface area contributed by atoms with Gasteiger partial charge < -0.3 is 0 Å². The Morgan fingerprint density at radius 3 is 2.31 bits per heavy atom. The first-order valence-corrected chi connectivity index (χ1v) is 4.86. The summed E-state index contributed by atoms with van der Waals surface area (Å²) in [5, 5.41) is 4.59. The van der Waals surface area contributed by atoms with Crippen molar-refractivity contribution in [1.82, 2.24) is 0 Å². The molecule has 2 N–H and O–H groups in total. The maximum Gasteiger partial charge on any atom is 0.333 e. The topological polar surface area (TPSA) is 69.4 Å². The highest BCUT2D eigenvalue weighted by Crippen LogP contribution is 2.04. The van der Waals surface area contributed by atoms with Gasteiger partial charge in [-0.25, -0.2) is 9.53 Å². The Kier molecular flexibility index (Phi) is 2.97. The molecule has 0 spiro atoms. The van der Waals surface area contributed by atoms with Crippen molar-refractivity contribution < 1.29 is 17.0 Å². The van der Waals surface area contributed by atoms with Crippen molar-refractivity contribution >= 4 is 10.3 Å². The number of hydrogen-bond donors (Lipinski definition) is 1. The monoisotopic (exact) mass is 205 g/mol. The fraction of sp³-hybridized carbons (Fsp3) is 0.143. The van der Waals surface area contributed by atoms with Crippen LogP contribution in [0.5, 0.6) is 0 Å². The van der Waals surface area contributed by atoms with Crippen LogP contribution in [-0.4, -0.2) is 8.42 Å². The van der Waals surface area contributed by atoms with E-state index in [-0.39, 0.29) is 12.4 Å². The summed E-state index contributed by atoms with van der Waals surface area (Å²) in [7, 11) is -3.93. The smallest absolute Gasteiger partial charge is 0.253 e. The van der Waals surface area contributed by atoms with Gasteiger partial charge in [0.25, 0.3) is 0 Å². The van der Waals surface area contributed by atoms with Gasteiger partial charge in [0, 0.05) is 0 Å². The summed E-state index contributed by atoms with van der Waals surface area (Å²) in [6, 6.07) is 5.25. The molecule has 0 aliphatic carbocycles. The zero-order valence-corrected chi connectivity index (χ0v) is 7.42. The lowest BCUT2D eigenvalue weighted by Crippen LogP contribution is -2.15. The Labute approximate surface area is 75.4 Å². The lowest BCUT2D eigenvalue weighted by atomic mass is 10.2. The van der Waals surface area contributed by atoms with Crippen LogP contribution in [0.15, 0.2) is 24.3 Å². The second-order valence-corrected chi connectivity index (χ2v) is 3.60. The molecule has 0 saturated heterocycles. The van der Waals surface area contributed by atoms with Gasteiger partial charge in [-0.05, 0) is 17.7 Å². The Bertz CT molecular complexity index is 373. The van der Waals surface area contributed by atoms with E-state index in [1.165, 1.54) is 24.3 Å². The van der Waals surface area contributed by atoms with E-state index in [0.29, 0.717) is 5.56 Å². The summed E-state index contributed by atoms with van der Waals surface area (Å²) < 4.78 is 37.4. The van der Waals surface area contributed by atoms with E-state index in [1.54, 1.807) is 0 Å². The lowest BCUT2D eigenvalue weighted by Gasteiger charge is -2.00. The lowest BCUT2D eigenvalue weighted by molar-refractivity contribution is 0.308. The van der Waals surface area contributed by atoms with E-state index in [2.05, 4.69) is 9.32 Å². The Hall–Kier alpha value is -0.980. The van der Waals surface area contributed by atoms with Gasteiger partial charge in [0.05, 0.1) is 6.61 Å². The molecule has 72 valence electrons. The Balaban J connectivity index is 2.61. The molecule has 0 fully saturated rings. The highest BCUT2D eigenvalue weighted by Gasteiger charge is 2.02. The number of halogens is 1. The van der Waals surface area contributed by atoms with E-state index in [0.717, 1.165) is 0 Å². The molecule has 4 nitrogen and oxygen atoms in total. The average Bonchev–Trinajstić information content (AvgIpc) is 2.02. The van der Waals surface area contributed by atoms with Crippen LogP contribution in [0.3, 0.4) is 0 Å². The molecule has 0 aliphatic rings. The first kappa shape index (κ1) is 10.1. The third-order valence-electron chi connectivity index (χ3n) is 1.30. The van der Waals surface area contributed by atoms with E-state index < -0.39 is 10.3 Å². The summed E-state index contributed by atoms with van der Waals surface area (Å²) in [5.74, 6) is -0.389. The molecular weight excluding hydrogens is 197 g/mol. The Morgan fingerprint density at radius 2 is 1.85 bits per heavy atom. The van der Waals surface area contributed by atoms with E-state index in [4.69, 9.17) is 0 Å². The number of hydrogen-bond acceptors (Lipinski definition) is 3. The molecule has 0 bridgehead atoms. The quantitative estimate of drug-likeness (QED) is 0.783. The normalized spacial score (nSPS) is 11.5. The summed E-state index contributed by atoms with van der Waals surface area (Å²) >= 11 is 0. The SMILES string of the molecule is NS(=O)(=O)OCc1ccc(F)cc1. The minimum atomic E-state index is -3.93. The molecule has 1 aromatic carbocycles. The van der Waals surface area contributed by atoms with Crippen LogP contribution in [0.2, 0.25) is 0 Å². The summed E-state index contributed by atoms with van der Waals surface area (Å²) in [4.78, 5) is 0. The van der Waals surface area contributed by atoms with Crippen molar-refractivity contribution in [2.75, 3.05) is 0 Å². The van der Waals surface area contributed by atoms with Gasteiger partial charge in [0.2, 0.25) is 0 Å². The van der Waals surface area contributed by atoms with Crippen molar-refractivity contribution in [2.24, 2.45) is 5.14 Å². The van der Waals surface area contributed by atoms with E-state index in [9.17, 15) is 12.8 Å². The predicted molar refractivity (Wildman–Crippen MR) is 44.3 cm³/mol. The first-order chi connectivity index (χ1) is 5.97. The average molecular weight is 205 g/mol. The van der Waals surface area contributed by atoms with Crippen LogP contribution in [-0.2, 0) is 21.1 Å². The maximum absolute atomic E-state index is 12.4.